The van der Waals surface area contributed by atoms with Gasteiger partial charge in [0.25, 0.3) is 0 Å². The van der Waals surface area contributed by atoms with E-state index in [1.807, 2.05) is 37.3 Å². The van der Waals surface area contributed by atoms with Crippen molar-refractivity contribution in [1.29, 1.82) is 0 Å². The first-order valence-electron chi connectivity index (χ1n) is 6.32. The van der Waals surface area contributed by atoms with E-state index in [0.29, 0.717) is 6.61 Å². The molecule has 1 saturated carbocycles. The molecule has 2 rings (SSSR count). The van der Waals surface area contributed by atoms with Crippen LogP contribution < -0.4 is 4.74 Å². The number of halogens is 1. The highest BCUT2D eigenvalue weighted by molar-refractivity contribution is 6.34. The molecular weight excluding hydrogens is 248 g/mol. The number of carbonyl (C=O) groups is 1. The van der Waals surface area contributed by atoms with Crippen LogP contribution in [0.5, 0.6) is 5.75 Å². The Morgan fingerprint density at radius 1 is 1.50 bits per heavy atom. The third-order valence-electron chi connectivity index (χ3n) is 3.01. The average molecular weight is 265 g/mol. The Morgan fingerprint density at radius 2 is 2.33 bits per heavy atom. The van der Waals surface area contributed by atoms with Crippen LogP contribution in [0.4, 0.5) is 0 Å². The summed E-state index contributed by atoms with van der Waals surface area (Å²) in [6.07, 6.45) is 4.52. The zero-order chi connectivity index (χ0) is 13.0. The standard InChI is InChI=1S/C15H17ClO2/c1-2-18-13-7-3-5-11(10-13)9-12-6-4-8-14(16)15(12)17/h3,5,7,9-10,14H,2,4,6,8H2,1H3. The summed E-state index contributed by atoms with van der Waals surface area (Å²) in [7, 11) is 0. The molecule has 1 aliphatic rings. The Kier molecular flexibility index (Phi) is 4.43. The lowest BCUT2D eigenvalue weighted by molar-refractivity contribution is -0.116. The van der Waals surface area contributed by atoms with E-state index < -0.39 is 0 Å². The Hall–Kier alpha value is -1.28. The van der Waals surface area contributed by atoms with E-state index in [1.54, 1.807) is 0 Å². The zero-order valence-corrected chi connectivity index (χ0v) is 11.2. The van der Waals surface area contributed by atoms with Crippen LogP contribution >= 0.6 is 11.6 Å². The molecule has 0 amide bonds. The molecule has 0 aromatic heterocycles. The number of alkyl halides is 1. The fourth-order valence-electron chi connectivity index (χ4n) is 2.13. The van der Waals surface area contributed by atoms with E-state index in [-0.39, 0.29) is 11.2 Å². The number of Topliss-reactive ketones (excluding diaryl/α,β-unsaturated/α-hetero) is 1. The van der Waals surface area contributed by atoms with Crippen LogP contribution in [0.15, 0.2) is 29.8 Å². The largest absolute Gasteiger partial charge is 0.494 e. The van der Waals surface area contributed by atoms with Gasteiger partial charge < -0.3 is 4.74 Å². The molecular formula is C15H17ClO2. The summed E-state index contributed by atoms with van der Waals surface area (Å²) in [6.45, 7) is 2.59. The summed E-state index contributed by atoms with van der Waals surface area (Å²) in [6, 6.07) is 7.77. The van der Waals surface area contributed by atoms with Gasteiger partial charge in [0, 0.05) is 0 Å². The molecule has 1 aromatic carbocycles. The van der Waals surface area contributed by atoms with Crippen molar-refractivity contribution in [3.63, 3.8) is 0 Å². The molecule has 0 bridgehead atoms. The molecule has 0 spiro atoms. The maximum atomic E-state index is 11.9. The number of carbonyl (C=O) groups excluding carboxylic acids is 1. The number of hydrogen-bond acceptors (Lipinski definition) is 2. The van der Waals surface area contributed by atoms with Gasteiger partial charge in [-0.2, -0.15) is 0 Å². The third-order valence-corrected chi connectivity index (χ3v) is 3.43. The van der Waals surface area contributed by atoms with Gasteiger partial charge in [-0.15, -0.1) is 11.6 Å². The van der Waals surface area contributed by atoms with Crippen LogP contribution in [-0.2, 0) is 4.79 Å². The first-order chi connectivity index (χ1) is 8.70. The van der Waals surface area contributed by atoms with Crippen molar-refractivity contribution in [2.24, 2.45) is 0 Å². The molecule has 1 atom stereocenters. The van der Waals surface area contributed by atoms with Gasteiger partial charge in [0.05, 0.1) is 12.0 Å². The topological polar surface area (TPSA) is 26.3 Å². The molecule has 1 aliphatic carbocycles. The van der Waals surface area contributed by atoms with Crippen molar-refractivity contribution >= 4 is 23.5 Å². The highest BCUT2D eigenvalue weighted by Gasteiger charge is 2.24. The first kappa shape index (κ1) is 13.2. The Bertz CT molecular complexity index is 465. The number of ether oxygens (including phenoxy) is 1. The van der Waals surface area contributed by atoms with Gasteiger partial charge in [-0.05, 0) is 55.5 Å². The Morgan fingerprint density at radius 3 is 3.11 bits per heavy atom. The minimum atomic E-state index is -0.347. The second-order valence-corrected chi connectivity index (χ2v) is 4.93. The fourth-order valence-corrected chi connectivity index (χ4v) is 2.43. The van der Waals surface area contributed by atoms with Crippen LogP contribution in [0, 0.1) is 0 Å². The van der Waals surface area contributed by atoms with Gasteiger partial charge in [-0.1, -0.05) is 12.1 Å². The van der Waals surface area contributed by atoms with Gasteiger partial charge in [-0.25, -0.2) is 0 Å². The van der Waals surface area contributed by atoms with Gasteiger partial charge in [-0.3, -0.25) is 4.79 Å². The number of ketones is 1. The maximum Gasteiger partial charge on any atom is 0.176 e. The molecule has 0 heterocycles. The average Bonchev–Trinajstić information content (AvgIpc) is 2.36. The maximum absolute atomic E-state index is 11.9. The lowest BCUT2D eigenvalue weighted by Crippen LogP contribution is -2.21. The van der Waals surface area contributed by atoms with Gasteiger partial charge in [0.2, 0.25) is 0 Å². The molecule has 0 aliphatic heterocycles. The van der Waals surface area contributed by atoms with E-state index in [1.165, 1.54) is 0 Å². The monoisotopic (exact) mass is 264 g/mol. The number of benzene rings is 1. The molecule has 2 nitrogen and oxygen atoms in total. The first-order valence-corrected chi connectivity index (χ1v) is 6.76. The van der Waals surface area contributed by atoms with Crippen LogP contribution in [-0.4, -0.2) is 17.8 Å². The highest BCUT2D eigenvalue weighted by atomic mass is 35.5. The van der Waals surface area contributed by atoms with Crippen molar-refractivity contribution in [2.75, 3.05) is 6.61 Å². The summed E-state index contributed by atoms with van der Waals surface area (Å²) in [5.41, 5.74) is 1.82. The lowest BCUT2D eigenvalue weighted by Gasteiger charge is -2.17. The van der Waals surface area contributed by atoms with Crippen molar-refractivity contribution in [2.45, 2.75) is 31.6 Å². The van der Waals surface area contributed by atoms with E-state index >= 15 is 0 Å². The molecule has 18 heavy (non-hydrogen) atoms. The SMILES string of the molecule is CCOc1cccc(C=C2CCCC(Cl)C2=O)c1. The highest BCUT2D eigenvalue weighted by Crippen LogP contribution is 2.26. The van der Waals surface area contributed by atoms with Crippen LogP contribution in [0.3, 0.4) is 0 Å². The number of hydrogen-bond donors (Lipinski definition) is 0. The van der Waals surface area contributed by atoms with Gasteiger partial charge >= 0.3 is 0 Å². The van der Waals surface area contributed by atoms with E-state index in [2.05, 4.69) is 0 Å². The van der Waals surface area contributed by atoms with Gasteiger partial charge in [0.15, 0.2) is 5.78 Å². The zero-order valence-electron chi connectivity index (χ0n) is 10.5. The molecule has 3 heteroatoms. The number of allylic oxidation sites excluding steroid dienone is 1. The minimum Gasteiger partial charge on any atom is -0.494 e. The van der Waals surface area contributed by atoms with Crippen molar-refractivity contribution in [3.8, 4) is 5.75 Å². The molecule has 1 fully saturated rings. The van der Waals surface area contributed by atoms with E-state index in [9.17, 15) is 4.79 Å². The van der Waals surface area contributed by atoms with Crippen molar-refractivity contribution in [1.82, 2.24) is 0 Å². The van der Waals surface area contributed by atoms with Crippen LogP contribution in [0.1, 0.15) is 31.7 Å². The normalized spacial score (nSPS) is 22.2. The summed E-state index contributed by atoms with van der Waals surface area (Å²) < 4.78 is 5.44. The Labute approximate surface area is 113 Å². The molecule has 0 radical (unpaired) electrons. The second kappa shape index (κ2) is 6.05. The summed E-state index contributed by atoms with van der Waals surface area (Å²) >= 11 is 5.99. The lowest BCUT2D eigenvalue weighted by atomic mass is 9.91. The predicted molar refractivity (Wildman–Crippen MR) is 74.1 cm³/mol. The molecule has 1 aromatic rings. The summed E-state index contributed by atoms with van der Waals surface area (Å²) in [4.78, 5) is 11.9. The van der Waals surface area contributed by atoms with E-state index in [4.69, 9.17) is 16.3 Å². The molecule has 0 N–H and O–H groups in total. The fraction of sp³-hybridized carbons (Fsp3) is 0.400. The summed E-state index contributed by atoms with van der Waals surface area (Å²) in [5.74, 6) is 0.905. The third kappa shape index (κ3) is 3.14. The Balaban J connectivity index is 2.21. The van der Waals surface area contributed by atoms with Gasteiger partial charge in [0.1, 0.15) is 5.75 Å². The van der Waals surface area contributed by atoms with Crippen LogP contribution in [0.2, 0.25) is 0 Å². The predicted octanol–water partition coefficient (Wildman–Crippen LogP) is 3.83. The van der Waals surface area contributed by atoms with Crippen molar-refractivity contribution in [3.05, 3.63) is 35.4 Å². The molecule has 1 unspecified atom stereocenters. The smallest absolute Gasteiger partial charge is 0.176 e. The van der Waals surface area contributed by atoms with Crippen molar-refractivity contribution < 1.29 is 9.53 Å². The van der Waals surface area contributed by atoms with Crippen LogP contribution in [0.25, 0.3) is 6.08 Å². The molecule has 0 saturated heterocycles. The summed E-state index contributed by atoms with van der Waals surface area (Å²) in [5, 5.41) is -0.347. The second-order valence-electron chi connectivity index (χ2n) is 4.40. The number of rotatable bonds is 3. The quantitative estimate of drug-likeness (QED) is 0.613. The molecule has 96 valence electrons. The minimum absolute atomic E-state index is 0.0738. The van der Waals surface area contributed by atoms with E-state index in [0.717, 1.165) is 36.1 Å².